The molecule has 2 atom stereocenters. The number of hydrogen-bond acceptors (Lipinski definition) is 4. The molecule has 1 aliphatic heterocycles. The minimum Gasteiger partial charge on any atom is -0.477 e. The number of H-pyrrole nitrogens is 1. The molecule has 0 saturated carbocycles. The first-order valence-corrected chi connectivity index (χ1v) is 8.67. The van der Waals surface area contributed by atoms with Crippen molar-refractivity contribution < 1.29 is 18.3 Å². The first-order chi connectivity index (χ1) is 13.0. The Bertz CT molecular complexity index is 958. The largest absolute Gasteiger partial charge is 0.477 e. The fourth-order valence-corrected chi connectivity index (χ4v) is 3.33. The number of β-lactam (4-membered cyclic amide) rings is 1. The Morgan fingerprint density at radius 2 is 2.11 bits per heavy atom. The van der Waals surface area contributed by atoms with Gasteiger partial charge in [0.2, 0.25) is 18.2 Å². The van der Waals surface area contributed by atoms with E-state index in [1.807, 2.05) is 31.2 Å². The molecule has 1 N–H and O–H groups in total. The van der Waals surface area contributed by atoms with Gasteiger partial charge in [0.05, 0.1) is 35.9 Å². The zero-order valence-corrected chi connectivity index (χ0v) is 14.6. The maximum atomic E-state index is 12.5. The van der Waals surface area contributed by atoms with E-state index in [0.29, 0.717) is 5.88 Å². The Hall–Kier alpha value is -3.03. The zero-order chi connectivity index (χ0) is 19.0. The van der Waals surface area contributed by atoms with Crippen LogP contribution in [0.25, 0.3) is 11.0 Å². The molecule has 3 aromatic rings. The molecule has 3 heterocycles. The summed E-state index contributed by atoms with van der Waals surface area (Å²) < 4.78 is 29.6. The standard InChI is InChI=1S/C19H18F2N4O2/c1-11-18(12-2-5-17(22-9-12)27-7-6-16(20)21)25(19(11)26)13-3-4-14-15(8-13)24-10-23-14/h2-5,8-11,16,18H,6-7H2,1H3,(H,23,24)/t11-,18?/m1/s1. The SMILES string of the molecule is C[C@H]1C(=O)N(c2ccc3[nH]cnc3c2)C1c1ccc(OCCC(F)F)nc1. The van der Waals surface area contributed by atoms with Crippen LogP contribution in [0.5, 0.6) is 5.88 Å². The van der Waals surface area contributed by atoms with Crippen LogP contribution < -0.4 is 9.64 Å². The Balaban J connectivity index is 1.53. The molecule has 1 amide bonds. The number of rotatable bonds is 6. The summed E-state index contributed by atoms with van der Waals surface area (Å²) in [4.78, 5) is 25.7. The van der Waals surface area contributed by atoms with E-state index < -0.39 is 6.43 Å². The molecule has 1 fully saturated rings. The highest BCUT2D eigenvalue weighted by Crippen LogP contribution is 2.43. The van der Waals surface area contributed by atoms with Gasteiger partial charge in [0.15, 0.2) is 0 Å². The molecule has 1 unspecified atom stereocenters. The van der Waals surface area contributed by atoms with Gasteiger partial charge in [0.1, 0.15) is 0 Å². The lowest BCUT2D eigenvalue weighted by Gasteiger charge is -2.46. The summed E-state index contributed by atoms with van der Waals surface area (Å²) in [5.74, 6) is 0.154. The van der Waals surface area contributed by atoms with E-state index in [0.717, 1.165) is 22.3 Å². The molecule has 0 radical (unpaired) electrons. The Labute approximate surface area is 154 Å². The van der Waals surface area contributed by atoms with Gasteiger partial charge in [0, 0.05) is 24.4 Å². The third-order valence-electron chi connectivity index (χ3n) is 4.75. The molecule has 0 aliphatic carbocycles. The highest BCUT2D eigenvalue weighted by atomic mass is 19.3. The van der Waals surface area contributed by atoms with Crippen molar-refractivity contribution in [2.75, 3.05) is 11.5 Å². The van der Waals surface area contributed by atoms with E-state index in [2.05, 4.69) is 15.0 Å². The van der Waals surface area contributed by atoms with Crippen molar-refractivity contribution in [3.05, 3.63) is 48.4 Å². The predicted octanol–water partition coefficient (Wildman–Crippen LogP) is 3.72. The number of pyridine rings is 1. The maximum absolute atomic E-state index is 12.5. The van der Waals surface area contributed by atoms with Crippen molar-refractivity contribution in [2.24, 2.45) is 5.92 Å². The molecular formula is C19H18F2N4O2. The number of fused-ring (bicyclic) bond motifs is 1. The summed E-state index contributed by atoms with van der Waals surface area (Å²) in [7, 11) is 0. The number of halogens is 2. The average molecular weight is 372 g/mol. The average Bonchev–Trinajstić information content (AvgIpc) is 3.13. The van der Waals surface area contributed by atoms with Crippen molar-refractivity contribution in [3.8, 4) is 5.88 Å². The van der Waals surface area contributed by atoms with Gasteiger partial charge in [-0.3, -0.25) is 4.79 Å². The van der Waals surface area contributed by atoms with Crippen LogP contribution in [-0.4, -0.2) is 33.9 Å². The van der Waals surface area contributed by atoms with Crippen LogP contribution in [0.3, 0.4) is 0 Å². The van der Waals surface area contributed by atoms with Gasteiger partial charge in [0.25, 0.3) is 0 Å². The van der Waals surface area contributed by atoms with Crippen molar-refractivity contribution in [1.29, 1.82) is 0 Å². The zero-order valence-electron chi connectivity index (χ0n) is 14.6. The van der Waals surface area contributed by atoms with E-state index in [4.69, 9.17) is 4.74 Å². The number of aromatic nitrogens is 3. The smallest absolute Gasteiger partial charge is 0.241 e. The number of carbonyl (C=O) groups excluding carboxylic acids is 1. The number of nitrogens with one attached hydrogen (secondary N) is 1. The van der Waals surface area contributed by atoms with Crippen LogP contribution in [-0.2, 0) is 4.79 Å². The monoisotopic (exact) mass is 372 g/mol. The van der Waals surface area contributed by atoms with Crippen LogP contribution in [0.2, 0.25) is 0 Å². The van der Waals surface area contributed by atoms with Crippen LogP contribution >= 0.6 is 0 Å². The molecule has 1 aliphatic rings. The molecular weight excluding hydrogens is 354 g/mol. The summed E-state index contributed by atoms with van der Waals surface area (Å²) in [6, 6.07) is 8.97. The Morgan fingerprint density at radius 1 is 1.26 bits per heavy atom. The van der Waals surface area contributed by atoms with E-state index in [-0.39, 0.29) is 30.9 Å². The Kier molecular flexibility index (Phi) is 4.47. The van der Waals surface area contributed by atoms with Crippen molar-refractivity contribution in [1.82, 2.24) is 15.0 Å². The lowest BCUT2D eigenvalue weighted by Crippen LogP contribution is -2.54. The number of nitrogens with zero attached hydrogens (tertiary/aromatic N) is 3. The van der Waals surface area contributed by atoms with E-state index in [9.17, 15) is 13.6 Å². The van der Waals surface area contributed by atoms with Gasteiger partial charge in [-0.15, -0.1) is 0 Å². The summed E-state index contributed by atoms with van der Waals surface area (Å²) in [5, 5.41) is 0. The van der Waals surface area contributed by atoms with Gasteiger partial charge < -0.3 is 14.6 Å². The van der Waals surface area contributed by atoms with Gasteiger partial charge in [-0.25, -0.2) is 18.7 Å². The van der Waals surface area contributed by atoms with E-state index >= 15 is 0 Å². The summed E-state index contributed by atoms with van der Waals surface area (Å²) in [6.07, 6.45) is 0.516. The third kappa shape index (κ3) is 3.22. The number of carbonyl (C=O) groups is 1. The lowest BCUT2D eigenvalue weighted by atomic mass is 9.84. The van der Waals surface area contributed by atoms with Crippen LogP contribution in [0.15, 0.2) is 42.9 Å². The normalized spacial score (nSPS) is 19.6. The lowest BCUT2D eigenvalue weighted by molar-refractivity contribution is -0.129. The molecule has 1 saturated heterocycles. The second-order valence-electron chi connectivity index (χ2n) is 6.50. The molecule has 0 spiro atoms. The number of ether oxygens (including phenoxy) is 1. The number of hydrogen-bond donors (Lipinski definition) is 1. The van der Waals surface area contributed by atoms with Gasteiger partial charge in [-0.2, -0.15) is 0 Å². The third-order valence-corrected chi connectivity index (χ3v) is 4.75. The highest BCUT2D eigenvalue weighted by molar-refractivity contribution is 6.04. The minimum absolute atomic E-state index is 0.0344. The summed E-state index contributed by atoms with van der Waals surface area (Å²) in [6.45, 7) is 1.79. The van der Waals surface area contributed by atoms with Gasteiger partial charge in [-0.1, -0.05) is 13.0 Å². The minimum atomic E-state index is -2.40. The fourth-order valence-electron chi connectivity index (χ4n) is 3.33. The van der Waals surface area contributed by atoms with Crippen LogP contribution in [0, 0.1) is 5.92 Å². The van der Waals surface area contributed by atoms with Gasteiger partial charge in [-0.05, 0) is 23.8 Å². The summed E-state index contributed by atoms with van der Waals surface area (Å²) >= 11 is 0. The topological polar surface area (TPSA) is 71.1 Å². The first-order valence-electron chi connectivity index (χ1n) is 8.67. The predicted molar refractivity (Wildman–Crippen MR) is 95.8 cm³/mol. The summed E-state index contributed by atoms with van der Waals surface area (Å²) in [5.41, 5.74) is 3.34. The molecule has 140 valence electrons. The second-order valence-corrected chi connectivity index (χ2v) is 6.50. The number of aromatic amines is 1. The highest BCUT2D eigenvalue weighted by Gasteiger charge is 2.46. The number of alkyl halides is 2. The van der Waals surface area contributed by atoms with Crippen molar-refractivity contribution in [3.63, 3.8) is 0 Å². The maximum Gasteiger partial charge on any atom is 0.241 e. The van der Waals surface area contributed by atoms with Crippen LogP contribution in [0.4, 0.5) is 14.5 Å². The number of benzene rings is 1. The first kappa shape index (κ1) is 17.4. The van der Waals surface area contributed by atoms with Crippen molar-refractivity contribution in [2.45, 2.75) is 25.8 Å². The van der Waals surface area contributed by atoms with Crippen LogP contribution in [0.1, 0.15) is 24.9 Å². The number of anilines is 1. The van der Waals surface area contributed by atoms with Gasteiger partial charge >= 0.3 is 0 Å². The molecule has 8 heteroatoms. The van der Waals surface area contributed by atoms with Crippen molar-refractivity contribution >= 4 is 22.6 Å². The molecule has 6 nitrogen and oxygen atoms in total. The molecule has 0 bridgehead atoms. The molecule has 4 rings (SSSR count). The fraction of sp³-hybridized carbons (Fsp3) is 0.316. The van der Waals surface area contributed by atoms with E-state index in [1.165, 1.54) is 0 Å². The number of imidazole rings is 1. The molecule has 2 aromatic heterocycles. The number of amides is 1. The molecule has 27 heavy (non-hydrogen) atoms. The second kappa shape index (κ2) is 6.94. The van der Waals surface area contributed by atoms with E-state index in [1.54, 1.807) is 23.5 Å². The quantitative estimate of drug-likeness (QED) is 0.670. The Morgan fingerprint density at radius 3 is 2.85 bits per heavy atom. The molecule has 1 aromatic carbocycles.